The molecule has 4 rings (SSSR count). The van der Waals surface area contributed by atoms with E-state index in [1.165, 1.54) is 24.4 Å². The van der Waals surface area contributed by atoms with E-state index in [4.69, 9.17) is 19.2 Å². The molecule has 11 nitrogen and oxygen atoms in total. The molecule has 0 aliphatic heterocycles. The van der Waals surface area contributed by atoms with Crippen molar-refractivity contribution in [3.63, 3.8) is 0 Å². The molecule has 4 aromatic rings. The predicted molar refractivity (Wildman–Crippen MR) is 155 cm³/mol. The van der Waals surface area contributed by atoms with Crippen LogP contribution in [-0.2, 0) is 9.53 Å². The Morgan fingerprint density at radius 3 is 2.59 bits per heavy atom. The average Bonchev–Trinajstić information content (AvgIpc) is 2.95. The van der Waals surface area contributed by atoms with Crippen molar-refractivity contribution in [2.45, 2.75) is 33.6 Å². The lowest BCUT2D eigenvalue weighted by Crippen LogP contribution is -2.21. The van der Waals surface area contributed by atoms with Gasteiger partial charge in [-0.2, -0.15) is 9.78 Å². The zero-order valence-electron chi connectivity index (χ0n) is 23.4. The number of nitro groups is 1. The molecule has 11 heteroatoms. The maximum Gasteiger partial charge on any atom is 0.344 e. The summed E-state index contributed by atoms with van der Waals surface area (Å²) in [5, 5.41) is 16.3. The third-order valence-corrected chi connectivity index (χ3v) is 6.36. The lowest BCUT2D eigenvalue weighted by molar-refractivity contribution is -0.384. The molecule has 0 aliphatic carbocycles. The Balaban J connectivity index is 1.92. The quantitative estimate of drug-likeness (QED) is 0.112. The third kappa shape index (κ3) is 6.24. The van der Waals surface area contributed by atoms with E-state index in [-0.39, 0.29) is 35.3 Å². The summed E-state index contributed by atoms with van der Waals surface area (Å²) in [6.07, 6.45) is 1.27. The van der Waals surface area contributed by atoms with E-state index in [1.54, 1.807) is 38.3 Å². The number of nitro benzene ring substituents is 1. The minimum Gasteiger partial charge on any atom is -0.496 e. The van der Waals surface area contributed by atoms with E-state index < -0.39 is 23.1 Å². The molecule has 41 heavy (non-hydrogen) atoms. The topological polar surface area (TPSA) is 135 Å². The van der Waals surface area contributed by atoms with Crippen molar-refractivity contribution in [3.8, 4) is 22.9 Å². The number of aromatic nitrogens is 2. The zero-order valence-corrected chi connectivity index (χ0v) is 23.4. The highest BCUT2D eigenvalue weighted by Crippen LogP contribution is 2.34. The number of methoxy groups -OCH3 is 1. The third-order valence-electron chi connectivity index (χ3n) is 6.36. The van der Waals surface area contributed by atoms with Crippen molar-refractivity contribution in [2.24, 2.45) is 5.10 Å². The van der Waals surface area contributed by atoms with Gasteiger partial charge >= 0.3 is 5.97 Å². The fraction of sp³-hybridized carbons (Fsp3) is 0.267. The van der Waals surface area contributed by atoms with Gasteiger partial charge in [-0.05, 0) is 61.2 Å². The largest absolute Gasteiger partial charge is 0.496 e. The molecular formula is C30H30N4O7. The molecule has 1 aromatic heterocycles. The number of benzene rings is 3. The van der Waals surface area contributed by atoms with Crippen LogP contribution in [0.15, 0.2) is 64.5 Å². The monoisotopic (exact) mass is 558 g/mol. The van der Waals surface area contributed by atoms with Crippen LogP contribution in [0.3, 0.4) is 0 Å². The number of carbonyl (C=O) groups excluding carboxylic acids is 1. The summed E-state index contributed by atoms with van der Waals surface area (Å²) < 4.78 is 17.2. The molecule has 0 saturated heterocycles. The van der Waals surface area contributed by atoms with Gasteiger partial charge in [-0.15, -0.1) is 0 Å². The summed E-state index contributed by atoms with van der Waals surface area (Å²) in [6.45, 7) is 7.41. The van der Waals surface area contributed by atoms with Crippen molar-refractivity contribution >= 4 is 28.8 Å². The Kier molecular flexibility index (Phi) is 8.76. The van der Waals surface area contributed by atoms with Gasteiger partial charge in [-0.25, -0.2) is 9.78 Å². The van der Waals surface area contributed by atoms with Crippen molar-refractivity contribution in [1.29, 1.82) is 0 Å². The van der Waals surface area contributed by atoms with Crippen molar-refractivity contribution in [2.75, 3.05) is 20.3 Å². The van der Waals surface area contributed by atoms with Gasteiger partial charge < -0.3 is 14.2 Å². The summed E-state index contributed by atoms with van der Waals surface area (Å²) in [4.78, 5) is 41.3. The number of esters is 1. The summed E-state index contributed by atoms with van der Waals surface area (Å²) in [7, 11) is 1.61. The minimum absolute atomic E-state index is 0.123. The van der Waals surface area contributed by atoms with Crippen LogP contribution in [0.1, 0.15) is 43.4 Å². The van der Waals surface area contributed by atoms with Crippen LogP contribution in [-0.4, -0.2) is 47.1 Å². The van der Waals surface area contributed by atoms with Crippen molar-refractivity contribution in [1.82, 2.24) is 9.66 Å². The smallest absolute Gasteiger partial charge is 0.344 e. The molecule has 0 amide bonds. The normalized spacial score (nSPS) is 11.3. The molecule has 1 heterocycles. The second kappa shape index (κ2) is 12.4. The zero-order chi connectivity index (χ0) is 29.7. The average molecular weight is 559 g/mol. The number of aryl methyl sites for hydroxylation is 1. The first kappa shape index (κ1) is 28.9. The predicted octanol–water partition coefficient (Wildman–Crippen LogP) is 5.24. The second-order valence-electron chi connectivity index (χ2n) is 9.45. The van der Waals surface area contributed by atoms with Crippen LogP contribution in [0, 0.1) is 17.0 Å². The van der Waals surface area contributed by atoms with Crippen LogP contribution in [0.2, 0.25) is 0 Å². The second-order valence-corrected chi connectivity index (χ2v) is 9.45. The van der Waals surface area contributed by atoms with Gasteiger partial charge in [0.15, 0.2) is 12.4 Å². The number of hydrogen-bond acceptors (Lipinski definition) is 9. The summed E-state index contributed by atoms with van der Waals surface area (Å²) in [6, 6.07) is 14.6. The molecule has 0 fully saturated rings. The number of hydrogen-bond donors (Lipinski definition) is 0. The van der Waals surface area contributed by atoms with Crippen LogP contribution in [0.5, 0.6) is 11.5 Å². The lowest BCUT2D eigenvalue weighted by Gasteiger charge is -2.17. The van der Waals surface area contributed by atoms with Crippen LogP contribution < -0.4 is 15.0 Å². The maximum absolute atomic E-state index is 13.7. The van der Waals surface area contributed by atoms with Gasteiger partial charge in [-0.1, -0.05) is 26.0 Å². The SMILES string of the molecule is CCOC(=O)COc1ccc([N+](=O)[O-])cc1C=Nn1c(-c2cc(C(C)C)c(OC)cc2C)nc2ccccc2c1=O. The molecule has 0 atom stereocenters. The number of non-ortho nitro benzene ring substituents is 1. The van der Waals surface area contributed by atoms with Gasteiger partial charge in [0.05, 0.1) is 35.8 Å². The fourth-order valence-corrected chi connectivity index (χ4v) is 4.31. The van der Waals surface area contributed by atoms with Gasteiger partial charge in [0.2, 0.25) is 0 Å². The molecule has 0 unspecified atom stereocenters. The van der Waals surface area contributed by atoms with E-state index >= 15 is 0 Å². The molecule has 0 radical (unpaired) electrons. The van der Waals surface area contributed by atoms with Crippen LogP contribution >= 0.6 is 0 Å². The summed E-state index contributed by atoms with van der Waals surface area (Å²) in [5.41, 5.74) is 2.45. The Hall–Kier alpha value is -5.06. The Morgan fingerprint density at radius 2 is 1.90 bits per heavy atom. The standard InChI is InChI=1S/C30H30N4O7/c1-6-40-28(35)17-41-26-12-11-21(34(37)38)14-20(26)16-31-33-29(32-25-10-8-7-9-22(25)30(33)36)24-15-23(18(2)3)27(39-5)13-19(24)4/h7-16,18H,6,17H2,1-5H3. The number of nitrogens with zero attached hydrogens (tertiary/aromatic N) is 4. The molecule has 0 saturated carbocycles. The molecular weight excluding hydrogens is 528 g/mol. The van der Waals surface area contributed by atoms with E-state index in [2.05, 4.69) is 5.10 Å². The van der Waals surface area contributed by atoms with E-state index in [0.29, 0.717) is 16.5 Å². The maximum atomic E-state index is 13.7. The minimum atomic E-state index is -0.595. The highest BCUT2D eigenvalue weighted by Gasteiger charge is 2.19. The van der Waals surface area contributed by atoms with Gasteiger partial charge in [0.25, 0.3) is 11.2 Å². The molecule has 0 aliphatic rings. The van der Waals surface area contributed by atoms with E-state index in [9.17, 15) is 19.7 Å². The number of carbonyl (C=O) groups is 1. The van der Waals surface area contributed by atoms with Gasteiger partial charge in [0, 0.05) is 23.3 Å². The number of fused-ring (bicyclic) bond motifs is 1. The Labute approximate surface area is 236 Å². The van der Waals surface area contributed by atoms with Gasteiger partial charge in [0.1, 0.15) is 11.5 Å². The first-order valence-corrected chi connectivity index (χ1v) is 13.0. The fourth-order valence-electron chi connectivity index (χ4n) is 4.31. The highest BCUT2D eigenvalue weighted by molar-refractivity contribution is 5.86. The molecule has 0 N–H and O–H groups in total. The first-order chi connectivity index (χ1) is 19.6. The van der Waals surface area contributed by atoms with Crippen molar-refractivity contribution in [3.05, 3.63) is 91.8 Å². The summed E-state index contributed by atoms with van der Waals surface area (Å²) in [5.74, 6) is 0.684. The number of ether oxygens (including phenoxy) is 3. The summed E-state index contributed by atoms with van der Waals surface area (Å²) >= 11 is 0. The van der Waals surface area contributed by atoms with Gasteiger partial charge in [-0.3, -0.25) is 14.9 Å². The lowest BCUT2D eigenvalue weighted by atomic mass is 9.96. The highest BCUT2D eigenvalue weighted by atomic mass is 16.6. The van der Waals surface area contributed by atoms with Crippen LogP contribution in [0.4, 0.5) is 5.69 Å². The Bertz CT molecular complexity index is 1710. The number of rotatable bonds is 10. The molecule has 3 aromatic carbocycles. The molecule has 0 bridgehead atoms. The number of para-hydroxylation sites is 1. The van der Waals surface area contributed by atoms with Crippen molar-refractivity contribution < 1.29 is 23.9 Å². The molecule has 0 spiro atoms. The van der Waals surface area contributed by atoms with E-state index in [0.717, 1.165) is 21.6 Å². The Morgan fingerprint density at radius 1 is 1.15 bits per heavy atom. The van der Waals surface area contributed by atoms with Crippen LogP contribution in [0.25, 0.3) is 22.3 Å². The first-order valence-electron chi connectivity index (χ1n) is 13.0. The molecule has 212 valence electrons. The van der Waals surface area contributed by atoms with E-state index in [1.807, 2.05) is 32.9 Å².